The molecule has 1 N–H and O–H groups in total. The summed E-state index contributed by atoms with van der Waals surface area (Å²) < 4.78 is 11.3. The lowest BCUT2D eigenvalue weighted by Crippen LogP contribution is -2.10. The zero-order valence-electron chi connectivity index (χ0n) is 19.8. The Morgan fingerprint density at radius 2 is 1.83 bits per heavy atom. The molecule has 1 amide bonds. The largest absolute Gasteiger partial charge is 0.472 e. The van der Waals surface area contributed by atoms with Crippen LogP contribution in [0.3, 0.4) is 0 Å². The number of allylic oxidation sites excluding steroid dienone is 2. The number of esters is 1. The van der Waals surface area contributed by atoms with Crippen LogP contribution in [0.25, 0.3) is 11.1 Å². The summed E-state index contributed by atoms with van der Waals surface area (Å²) in [6.45, 7) is 3.85. The van der Waals surface area contributed by atoms with E-state index < -0.39 is 5.97 Å². The molecule has 0 saturated carbocycles. The van der Waals surface area contributed by atoms with Crippen molar-refractivity contribution in [2.45, 2.75) is 39.7 Å². The monoisotopic (exact) mass is 490 g/mol. The molecule has 0 bridgehead atoms. The van der Waals surface area contributed by atoms with Gasteiger partial charge in [0.05, 0.1) is 17.2 Å². The third-order valence-corrected chi connectivity index (χ3v) is 5.90. The maximum absolute atomic E-state index is 12.5. The second-order valence-corrected chi connectivity index (χ2v) is 8.73. The predicted molar refractivity (Wildman–Crippen MR) is 137 cm³/mol. The first kappa shape index (κ1) is 24.5. The van der Waals surface area contributed by atoms with Crippen LogP contribution < -0.4 is 10.1 Å². The highest BCUT2D eigenvalue weighted by Crippen LogP contribution is 2.43. The zero-order chi connectivity index (χ0) is 24.8. The fraction of sp³-hybridized carbons (Fsp3) is 0.250. The fourth-order valence-corrected chi connectivity index (χ4v) is 4.41. The van der Waals surface area contributed by atoms with Gasteiger partial charge in [-0.25, -0.2) is 9.78 Å². The molecule has 7 heteroatoms. The predicted octanol–water partition coefficient (Wildman–Crippen LogP) is 6.54. The second-order valence-electron chi connectivity index (χ2n) is 8.29. The van der Waals surface area contributed by atoms with E-state index in [-0.39, 0.29) is 12.5 Å². The Labute approximate surface area is 209 Å². The van der Waals surface area contributed by atoms with Gasteiger partial charge in [-0.05, 0) is 72.7 Å². The summed E-state index contributed by atoms with van der Waals surface area (Å²) in [5, 5.41) is 3.31. The normalized spacial score (nSPS) is 13.0. The van der Waals surface area contributed by atoms with Gasteiger partial charge in [-0.15, -0.1) is 0 Å². The number of carbonyl (C=O) groups excluding carboxylic acids is 2. The Morgan fingerprint density at radius 3 is 2.57 bits per heavy atom. The molecule has 180 valence electrons. The topological polar surface area (TPSA) is 77.5 Å². The number of nitrogens with zero attached hydrogens (tertiary/aromatic N) is 1. The van der Waals surface area contributed by atoms with Gasteiger partial charge in [0.1, 0.15) is 6.61 Å². The molecule has 3 aromatic rings. The molecule has 0 fully saturated rings. The molecule has 1 aliphatic rings. The molecular weight excluding hydrogens is 464 g/mol. The third-order valence-electron chi connectivity index (χ3n) is 5.69. The minimum absolute atomic E-state index is 0.215. The summed E-state index contributed by atoms with van der Waals surface area (Å²) in [5.41, 5.74) is 5.79. The molecule has 6 nitrogen and oxygen atoms in total. The Kier molecular flexibility index (Phi) is 7.83. The molecule has 0 radical (unpaired) electrons. The third kappa shape index (κ3) is 6.08. The van der Waals surface area contributed by atoms with Gasteiger partial charge in [-0.3, -0.25) is 4.79 Å². The number of halogens is 1. The first-order valence-electron chi connectivity index (χ1n) is 11.6. The van der Waals surface area contributed by atoms with Gasteiger partial charge >= 0.3 is 5.97 Å². The molecule has 4 rings (SSSR count). The smallest absolute Gasteiger partial charge is 0.338 e. The van der Waals surface area contributed by atoms with Gasteiger partial charge in [0, 0.05) is 24.4 Å². The first-order chi connectivity index (χ1) is 16.9. The fourth-order valence-electron chi connectivity index (χ4n) is 4.25. The average molecular weight is 491 g/mol. The Hall–Kier alpha value is -3.64. The number of nitrogens with one attached hydrogen (secondary N) is 1. The van der Waals surface area contributed by atoms with E-state index in [4.69, 9.17) is 21.1 Å². The highest BCUT2D eigenvalue weighted by Gasteiger charge is 2.23. The molecule has 0 unspecified atom stereocenters. The molecule has 2 aromatic carbocycles. The number of hydrogen-bond acceptors (Lipinski definition) is 5. The lowest BCUT2D eigenvalue weighted by atomic mass is 9.95. The highest BCUT2D eigenvalue weighted by molar-refractivity contribution is 6.30. The van der Waals surface area contributed by atoms with Gasteiger partial charge in [-0.1, -0.05) is 41.9 Å². The Balaban J connectivity index is 1.76. The van der Waals surface area contributed by atoms with E-state index in [0.29, 0.717) is 28.8 Å². The number of aromatic nitrogens is 1. The van der Waals surface area contributed by atoms with Crippen LogP contribution in [0.2, 0.25) is 5.02 Å². The number of pyridine rings is 1. The maximum atomic E-state index is 12.5. The number of hydrogen-bond donors (Lipinski definition) is 1. The van der Waals surface area contributed by atoms with Crippen molar-refractivity contribution in [3.05, 3.63) is 88.1 Å². The van der Waals surface area contributed by atoms with Crippen molar-refractivity contribution in [1.29, 1.82) is 0 Å². The van der Waals surface area contributed by atoms with E-state index in [1.807, 2.05) is 48.5 Å². The van der Waals surface area contributed by atoms with Crippen molar-refractivity contribution < 1.29 is 19.1 Å². The van der Waals surface area contributed by atoms with Crippen molar-refractivity contribution in [2.24, 2.45) is 0 Å². The molecular formula is C28H27ClN2O4. The van der Waals surface area contributed by atoms with Crippen LogP contribution in [-0.4, -0.2) is 23.5 Å². The lowest BCUT2D eigenvalue weighted by Gasteiger charge is -2.15. The summed E-state index contributed by atoms with van der Waals surface area (Å²) >= 11 is 6.34. The van der Waals surface area contributed by atoms with Gasteiger partial charge in [0.2, 0.25) is 11.8 Å². The lowest BCUT2D eigenvalue weighted by molar-refractivity contribution is -0.114. The molecule has 0 spiro atoms. The summed E-state index contributed by atoms with van der Waals surface area (Å²) in [6.07, 6.45) is 4.15. The zero-order valence-corrected chi connectivity index (χ0v) is 20.5. The average Bonchev–Trinajstić information content (AvgIpc) is 3.33. The van der Waals surface area contributed by atoms with Gasteiger partial charge in [-0.2, -0.15) is 0 Å². The molecule has 0 aliphatic heterocycles. The summed E-state index contributed by atoms with van der Waals surface area (Å²) in [5.74, 6) is -0.137. The number of rotatable bonds is 8. The van der Waals surface area contributed by atoms with Crippen molar-refractivity contribution in [3.63, 3.8) is 0 Å². The van der Waals surface area contributed by atoms with Crippen LogP contribution in [-0.2, 0) is 16.1 Å². The quantitative estimate of drug-likeness (QED) is 0.362. The molecule has 0 saturated heterocycles. The van der Waals surface area contributed by atoms with Crippen molar-refractivity contribution in [2.75, 3.05) is 11.9 Å². The molecule has 1 aliphatic carbocycles. The van der Waals surface area contributed by atoms with Gasteiger partial charge in [0.25, 0.3) is 0 Å². The SMILES string of the molecule is CCOC(=O)c1cc(NC(C)=O)cc(C2=C(c3cc(Cl)cnc3OCc3ccccc3)CCC2)c1. The number of carbonyl (C=O) groups is 2. The van der Waals surface area contributed by atoms with Crippen LogP contribution in [0.4, 0.5) is 5.69 Å². The van der Waals surface area contributed by atoms with Crippen LogP contribution in [0, 0.1) is 0 Å². The number of anilines is 1. The number of benzene rings is 2. The second kappa shape index (κ2) is 11.2. The summed E-state index contributed by atoms with van der Waals surface area (Å²) in [7, 11) is 0. The number of ether oxygens (including phenoxy) is 2. The van der Waals surface area contributed by atoms with Crippen LogP contribution >= 0.6 is 11.6 Å². The molecule has 1 aromatic heterocycles. The van der Waals surface area contributed by atoms with E-state index in [9.17, 15) is 9.59 Å². The van der Waals surface area contributed by atoms with E-state index in [2.05, 4.69) is 10.3 Å². The van der Waals surface area contributed by atoms with Crippen molar-refractivity contribution in [1.82, 2.24) is 4.98 Å². The standard InChI is InChI=1S/C28H27ClN2O4/c1-3-34-28(33)21-12-20(13-23(14-21)31-18(2)32)24-10-7-11-25(24)26-15-22(29)16-30-27(26)35-17-19-8-5-4-6-9-19/h4-6,8-9,12-16H,3,7,10-11,17H2,1-2H3,(H,31,32). The van der Waals surface area contributed by atoms with Crippen LogP contribution in [0.1, 0.15) is 60.2 Å². The first-order valence-corrected chi connectivity index (χ1v) is 12.0. The molecule has 0 atom stereocenters. The van der Waals surface area contributed by atoms with Crippen LogP contribution in [0.5, 0.6) is 5.88 Å². The molecule has 35 heavy (non-hydrogen) atoms. The van der Waals surface area contributed by atoms with Gasteiger partial charge in [0.15, 0.2) is 0 Å². The van der Waals surface area contributed by atoms with E-state index in [1.54, 1.807) is 19.2 Å². The van der Waals surface area contributed by atoms with E-state index >= 15 is 0 Å². The van der Waals surface area contributed by atoms with E-state index in [0.717, 1.165) is 47.1 Å². The summed E-state index contributed by atoms with van der Waals surface area (Å²) in [6, 6.07) is 17.1. The van der Waals surface area contributed by atoms with Crippen molar-refractivity contribution in [3.8, 4) is 5.88 Å². The Bertz CT molecular complexity index is 1270. The highest BCUT2D eigenvalue weighted by atomic mass is 35.5. The van der Waals surface area contributed by atoms with Crippen LogP contribution in [0.15, 0.2) is 60.8 Å². The van der Waals surface area contributed by atoms with E-state index in [1.165, 1.54) is 6.92 Å². The minimum Gasteiger partial charge on any atom is -0.472 e. The Morgan fingerprint density at radius 1 is 1.06 bits per heavy atom. The van der Waals surface area contributed by atoms with Gasteiger partial charge < -0.3 is 14.8 Å². The summed E-state index contributed by atoms with van der Waals surface area (Å²) in [4.78, 5) is 28.7. The molecule has 1 heterocycles. The van der Waals surface area contributed by atoms with Crippen molar-refractivity contribution >= 4 is 40.3 Å². The minimum atomic E-state index is -0.433. The number of amides is 1. The maximum Gasteiger partial charge on any atom is 0.338 e.